The second kappa shape index (κ2) is 7.75. The van der Waals surface area contributed by atoms with E-state index in [1.54, 1.807) is 13.8 Å². The highest BCUT2D eigenvalue weighted by atomic mass is 32.1. The number of thiophene rings is 1. The van der Waals surface area contributed by atoms with Crippen LogP contribution in [-0.2, 0) is 14.3 Å². The standard InChI is InChI=1S/C14H15N3O7S/c1-3-23-13(19)11-7(2)15-14(20)16-8(11)6-24-12(18)9-4-5-10(25-9)17(21)22/h4-5,7H,3,6H2,1-2H3,(H2,15,16,20)/t7-/m1/s1. The van der Waals surface area contributed by atoms with Crippen LogP contribution in [-0.4, -0.2) is 42.1 Å². The Morgan fingerprint density at radius 1 is 1.32 bits per heavy atom. The van der Waals surface area contributed by atoms with Crippen molar-refractivity contribution < 1.29 is 28.8 Å². The molecule has 0 spiro atoms. The molecular weight excluding hydrogens is 354 g/mol. The van der Waals surface area contributed by atoms with Crippen LogP contribution >= 0.6 is 11.3 Å². The van der Waals surface area contributed by atoms with Crippen molar-refractivity contribution in [1.82, 2.24) is 10.6 Å². The molecule has 0 saturated carbocycles. The summed E-state index contributed by atoms with van der Waals surface area (Å²) in [4.78, 5) is 45.7. The van der Waals surface area contributed by atoms with Gasteiger partial charge in [-0.05, 0) is 19.9 Å². The Morgan fingerprint density at radius 3 is 2.64 bits per heavy atom. The number of nitro groups is 1. The molecule has 0 aromatic carbocycles. The van der Waals surface area contributed by atoms with Crippen LogP contribution in [0.4, 0.5) is 9.80 Å². The Kier molecular flexibility index (Phi) is 5.70. The lowest BCUT2D eigenvalue weighted by atomic mass is 10.0. The summed E-state index contributed by atoms with van der Waals surface area (Å²) in [6.45, 7) is 3.00. The second-order valence-corrected chi connectivity index (χ2v) is 5.97. The lowest BCUT2D eigenvalue weighted by Gasteiger charge is -2.26. The predicted octanol–water partition coefficient (Wildman–Crippen LogP) is 1.33. The molecule has 1 aromatic rings. The minimum absolute atomic E-state index is 0.0401. The van der Waals surface area contributed by atoms with Gasteiger partial charge >= 0.3 is 23.0 Å². The first kappa shape index (κ1) is 18.4. The van der Waals surface area contributed by atoms with E-state index in [0.29, 0.717) is 11.3 Å². The molecule has 1 aliphatic rings. The van der Waals surface area contributed by atoms with Crippen molar-refractivity contribution in [2.24, 2.45) is 0 Å². The number of carbonyl (C=O) groups is 3. The molecule has 11 heteroatoms. The maximum absolute atomic E-state index is 12.0. The number of urea groups is 1. The first-order chi connectivity index (χ1) is 11.8. The highest BCUT2D eigenvalue weighted by molar-refractivity contribution is 7.17. The van der Waals surface area contributed by atoms with Gasteiger partial charge in [-0.2, -0.15) is 0 Å². The largest absolute Gasteiger partial charge is 0.463 e. The number of hydrogen-bond acceptors (Lipinski definition) is 8. The minimum Gasteiger partial charge on any atom is -0.463 e. The summed E-state index contributed by atoms with van der Waals surface area (Å²) in [6, 6.07) is 1.30. The van der Waals surface area contributed by atoms with E-state index in [1.807, 2.05) is 0 Å². The summed E-state index contributed by atoms with van der Waals surface area (Å²) in [5.41, 5.74) is 0.250. The average molecular weight is 369 g/mol. The van der Waals surface area contributed by atoms with Crippen molar-refractivity contribution in [3.8, 4) is 0 Å². The van der Waals surface area contributed by atoms with Crippen LogP contribution in [0.1, 0.15) is 23.5 Å². The van der Waals surface area contributed by atoms with Crippen LogP contribution in [0.15, 0.2) is 23.4 Å². The molecule has 0 saturated heterocycles. The molecule has 10 nitrogen and oxygen atoms in total. The van der Waals surface area contributed by atoms with E-state index in [2.05, 4.69) is 10.6 Å². The summed E-state index contributed by atoms with van der Waals surface area (Å²) in [5.74, 6) is -1.44. The Labute approximate surface area is 145 Å². The molecule has 2 heterocycles. The summed E-state index contributed by atoms with van der Waals surface area (Å²) >= 11 is 0.671. The highest BCUT2D eigenvalue weighted by Crippen LogP contribution is 2.24. The summed E-state index contributed by atoms with van der Waals surface area (Å²) in [5, 5.41) is 15.4. The van der Waals surface area contributed by atoms with Gasteiger partial charge in [-0.1, -0.05) is 11.3 Å². The van der Waals surface area contributed by atoms with Gasteiger partial charge in [-0.3, -0.25) is 10.1 Å². The molecule has 2 amide bonds. The number of amides is 2. The van der Waals surface area contributed by atoms with Crippen molar-refractivity contribution >= 4 is 34.3 Å². The summed E-state index contributed by atoms with van der Waals surface area (Å²) in [6.07, 6.45) is 0. The van der Waals surface area contributed by atoms with E-state index in [0.717, 1.165) is 0 Å². The highest BCUT2D eigenvalue weighted by Gasteiger charge is 2.30. The Bertz CT molecular complexity index is 755. The zero-order valence-electron chi connectivity index (χ0n) is 13.4. The van der Waals surface area contributed by atoms with E-state index >= 15 is 0 Å². The number of hydrogen-bond donors (Lipinski definition) is 2. The van der Waals surface area contributed by atoms with Crippen molar-refractivity contribution in [3.63, 3.8) is 0 Å². The fourth-order valence-corrected chi connectivity index (χ4v) is 2.85. The van der Waals surface area contributed by atoms with E-state index in [-0.39, 0.29) is 34.4 Å². The van der Waals surface area contributed by atoms with E-state index in [4.69, 9.17) is 9.47 Å². The molecule has 1 aliphatic heterocycles. The number of ether oxygens (including phenoxy) is 2. The first-order valence-electron chi connectivity index (χ1n) is 7.22. The predicted molar refractivity (Wildman–Crippen MR) is 86.0 cm³/mol. The molecule has 25 heavy (non-hydrogen) atoms. The first-order valence-corrected chi connectivity index (χ1v) is 8.04. The number of rotatable bonds is 6. The van der Waals surface area contributed by atoms with Crippen LogP contribution in [0.2, 0.25) is 0 Å². The maximum atomic E-state index is 12.0. The van der Waals surface area contributed by atoms with Crippen molar-refractivity contribution in [1.29, 1.82) is 0 Å². The van der Waals surface area contributed by atoms with Crippen molar-refractivity contribution in [3.05, 3.63) is 38.4 Å². The Hall–Kier alpha value is -2.95. The number of carbonyl (C=O) groups excluding carboxylic acids is 3. The van der Waals surface area contributed by atoms with Gasteiger partial charge in [0.1, 0.15) is 11.5 Å². The summed E-state index contributed by atoms with van der Waals surface area (Å²) in [7, 11) is 0. The molecule has 0 radical (unpaired) electrons. The van der Waals surface area contributed by atoms with Gasteiger partial charge in [0.15, 0.2) is 0 Å². The van der Waals surface area contributed by atoms with Gasteiger partial charge in [-0.25, -0.2) is 14.4 Å². The molecule has 0 fully saturated rings. The quantitative estimate of drug-likeness (QED) is 0.438. The van der Waals surface area contributed by atoms with Gasteiger partial charge in [0.05, 0.1) is 28.8 Å². The number of esters is 2. The number of nitrogens with zero attached hydrogens (tertiary/aromatic N) is 1. The van der Waals surface area contributed by atoms with Crippen LogP contribution in [0.25, 0.3) is 0 Å². The van der Waals surface area contributed by atoms with Gasteiger partial charge in [-0.15, -0.1) is 0 Å². The Morgan fingerprint density at radius 2 is 2.04 bits per heavy atom. The smallest absolute Gasteiger partial charge is 0.348 e. The van der Waals surface area contributed by atoms with Crippen LogP contribution in [0, 0.1) is 10.1 Å². The molecule has 1 aromatic heterocycles. The molecule has 0 bridgehead atoms. The molecule has 134 valence electrons. The zero-order chi connectivity index (χ0) is 18.6. The zero-order valence-corrected chi connectivity index (χ0v) is 14.2. The van der Waals surface area contributed by atoms with Crippen molar-refractivity contribution in [2.45, 2.75) is 19.9 Å². The normalized spacial score (nSPS) is 16.7. The van der Waals surface area contributed by atoms with E-state index < -0.39 is 28.9 Å². The van der Waals surface area contributed by atoms with E-state index in [9.17, 15) is 24.5 Å². The lowest BCUT2D eigenvalue weighted by Crippen LogP contribution is -2.50. The third kappa shape index (κ3) is 4.32. The summed E-state index contributed by atoms with van der Waals surface area (Å²) < 4.78 is 9.99. The SMILES string of the molecule is CCOC(=O)C1=C(COC(=O)c2ccc([N+](=O)[O-])s2)NC(=O)N[C@@H]1C. The number of nitrogens with one attached hydrogen (secondary N) is 2. The molecule has 0 unspecified atom stereocenters. The third-order valence-corrected chi connectivity index (χ3v) is 4.20. The van der Waals surface area contributed by atoms with Crippen molar-refractivity contribution in [2.75, 3.05) is 13.2 Å². The molecule has 2 rings (SSSR count). The maximum Gasteiger partial charge on any atom is 0.348 e. The van der Waals surface area contributed by atoms with Crippen LogP contribution < -0.4 is 10.6 Å². The molecule has 0 aliphatic carbocycles. The second-order valence-electron chi connectivity index (χ2n) is 4.90. The molecular formula is C14H15N3O7S. The minimum atomic E-state index is -0.797. The van der Waals surface area contributed by atoms with Crippen LogP contribution in [0.5, 0.6) is 0 Å². The molecule has 2 N–H and O–H groups in total. The lowest BCUT2D eigenvalue weighted by molar-refractivity contribution is -0.380. The average Bonchev–Trinajstić information content (AvgIpc) is 3.02. The fourth-order valence-electron chi connectivity index (χ4n) is 2.14. The van der Waals surface area contributed by atoms with Gasteiger partial charge < -0.3 is 20.1 Å². The van der Waals surface area contributed by atoms with Gasteiger partial charge in [0.2, 0.25) is 0 Å². The topological polar surface area (TPSA) is 137 Å². The van der Waals surface area contributed by atoms with Gasteiger partial charge in [0.25, 0.3) is 0 Å². The third-order valence-electron chi connectivity index (χ3n) is 3.19. The van der Waals surface area contributed by atoms with E-state index in [1.165, 1.54) is 12.1 Å². The fraction of sp³-hybridized carbons (Fsp3) is 0.357. The molecule has 1 atom stereocenters. The Balaban J connectivity index is 2.15. The van der Waals surface area contributed by atoms with Crippen LogP contribution in [0.3, 0.4) is 0 Å². The van der Waals surface area contributed by atoms with Gasteiger partial charge in [0, 0.05) is 6.07 Å². The monoisotopic (exact) mass is 369 g/mol.